The Hall–Kier alpha value is -2.75. The quantitative estimate of drug-likeness (QED) is 0.580. The van der Waals surface area contributed by atoms with Crippen LogP contribution in [0.15, 0.2) is 42.5 Å². The third-order valence-electron chi connectivity index (χ3n) is 4.35. The van der Waals surface area contributed by atoms with Gasteiger partial charge in [0.05, 0.1) is 22.4 Å². The van der Waals surface area contributed by atoms with Gasteiger partial charge in [0, 0.05) is 0 Å². The van der Waals surface area contributed by atoms with Crippen LogP contribution in [0.25, 0.3) is 22.5 Å². The Labute approximate surface area is 128 Å². The summed E-state index contributed by atoms with van der Waals surface area (Å²) in [4.78, 5) is 4.80. The van der Waals surface area contributed by atoms with E-state index in [0.29, 0.717) is 0 Å². The van der Waals surface area contributed by atoms with E-state index in [-0.39, 0.29) is 0 Å². The third kappa shape index (κ3) is 1.55. The van der Waals surface area contributed by atoms with E-state index in [2.05, 4.69) is 42.7 Å². The average molecular weight is 290 g/mol. The molecule has 0 radical (unpaired) electrons. The highest BCUT2D eigenvalue weighted by atomic mass is 15.2. The zero-order valence-corrected chi connectivity index (χ0v) is 13.0. The molecule has 2 N–H and O–H groups in total. The lowest BCUT2D eigenvalue weighted by Crippen LogP contribution is -2.03. The maximum absolute atomic E-state index is 6.39. The van der Waals surface area contributed by atoms with Gasteiger partial charge in [0.25, 0.3) is 0 Å². The number of aryl methyl sites for hydroxylation is 2. The van der Waals surface area contributed by atoms with E-state index in [9.17, 15) is 0 Å². The first-order valence-corrected chi connectivity index (χ1v) is 7.40. The number of para-hydroxylation sites is 3. The van der Waals surface area contributed by atoms with Gasteiger partial charge in [-0.25, -0.2) is 4.98 Å². The summed E-state index contributed by atoms with van der Waals surface area (Å²) in [6, 6.07) is 14.4. The second kappa shape index (κ2) is 4.37. The minimum absolute atomic E-state index is 0.742. The Morgan fingerprint density at radius 3 is 2.32 bits per heavy atom. The summed E-state index contributed by atoms with van der Waals surface area (Å²) >= 11 is 0. The average Bonchev–Trinajstić information content (AvgIpc) is 2.98. The van der Waals surface area contributed by atoms with Crippen LogP contribution in [-0.4, -0.2) is 14.0 Å². The SMILES string of the molecule is Cc1cccc(C)c1-n1c(C)c(N)n2c3ccccc3nc12. The Morgan fingerprint density at radius 1 is 0.909 bits per heavy atom. The summed E-state index contributed by atoms with van der Waals surface area (Å²) in [6.07, 6.45) is 0. The fraction of sp³-hybridized carbons (Fsp3) is 0.167. The molecule has 0 spiro atoms. The van der Waals surface area contributed by atoms with Crippen LogP contribution < -0.4 is 5.73 Å². The molecule has 0 saturated heterocycles. The predicted octanol–water partition coefficient (Wildman–Crippen LogP) is 3.79. The highest BCUT2D eigenvalue weighted by molar-refractivity contribution is 5.83. The molecule has 0 bridgehead atoms. The van der Waals surface area contributed by atoms with Gasteiger partial charge in [-0.15, -0.1) is 0 Å². The van der Waals surface area contributed by atoms with Gasteiger partial charge in [0.15, 0.2) is 0 Å². The molecule has 0 aliphatic carbocycles. The monoisotopic (exact) mass is 290 g/mol. The van der Waals surface area contributed by atoms with Crippen molar-refractivity contribution < 1.29 is 0 Å². The van der Waals surface area contributed by atoms with E-state index in [0.717, 1.165) is 34.0 Å². The lowest BCUT2D eigenvalue weighted by molar-refractivity contribution is 1.00. The Morgan fingerprint density at radius 2 is 1.59 bits per heavy atom. The van der Waals surface area contributed by atoms with E-state index in [1.54, 1.807) is 0 Å². The zero-order valence-electron chi connectivity index (χ0n) is 13.0. The summed E-state index contributed by atoms with van der Waals surface area (Å²) in [7, 11) is 0. The highest BCUT2D eigenvalue weighted by Crippen LogP contribution is 2.30. The van der Waals surface area contributed by atoms with Gasteiger partial charge in [-0.1, -0.05) is 30.3 Å². The molecule has 0 amide bonds. The van der Waals surface area contributed by atoms with Gasteiger partial charge in [-0.2, -0.15) is 0 Å². The third-order valence-corrected chi connectivity index (χ3v) is 4.35. The van der Waals surface area contributed by atoms with Crippen LogP contribution in [0.2, 0.25) is 0 Å². The highest BCUT2D eigenvalue weighted by Gasteiger charge is 2.19. The second-order valence-corrected chi connectivity index (χ2v) is 5.78. The molecule has 0 atom stereocenters. The number of nitrogen functional groups attached to an aromatic ring is 1. The summed E-state index contributed by atoms with van der Waals surface area (Å²) in [5, 5.41) is 0. The minimum Gasteiger partial charge on any atom is -0.383 e. The zero-order chi connectivity index (χ0) is 15.4. The van der Waals surface area contributed by atoms with Crippen LogP contribution in [-0.2, 0) is 0 Å². The van der Waals surface area contributed by atoms with Crippen molar-refractivity contribution in [3.05, 3.63) is 59.3 Å². The Balaban J connectivity index is 2.21. The molecule has 4 nitrogen and oxygen atoms in total. The molecule has 0 saturated carbocycles. The number of imidazole rings is 2. The first-order valence-electron chi connectivity index (χ1n) is 7.40. The molecule has 0 aliphatic rings. The number of rotatable bonds is 1. The van der Waals surface area contributed by atoms with Crippen LogP contribution in [0.5, 0.6) is 0 Å². The lowest BCUT2D eigenvalue weighted by Gasteiger charge is -2.12. The predicted molar refractivity (Wildman–Crippen MR) is 90.6 cm³/mol. The van der Waals surface area contributed by atoms with Gasteiger partial charge < -0.3 is 5.73 Å². The van der Waals surface area contributed by atoms with E-state index < -0.39 is 0 Å². The number of hydrogen-bond donors (Lipinski definition) is 1. The summed E-state index contributed by atoms with van der Waals surface area (Å²) in [5.74, 6) is 1.61. The molecular weight excluding hydrogens is 272 g/mol. The molecule has 0 fully saturated rings. The van der Waals surface area contributed by atoms with Crippen molar-refractivity contribution in [3.8, 4) is 5.69 Å². The van der Waals surface area contributed by atoms with Crippen molar-refractivity contribution in [1.82, 2.24) is 14.0 Å². The van der Waals surface area contributed by atoms with Crippen molar-refractivity contribution in [2.24, 2.45) is 0 Å². The van der Waals surface area contributed by atoms with Gasteiger partial charge in [-0.05, 0) is 44.0 Å². The smallest absolute Gasteiger partial charge is 0.221 e. The molecule has 2 aromatic heterocycles. The number of fused-ring (bicyclic) bond motifs is 3. The molecule has 4 aromatic rings. The van der Waals surface area contributed by atoms with E-state index >= 15 is 0 Å². The molecule has 2 heterocycles. The lowest BCUT2D eigenvalue weighted by atomic mass is 10.1. The van der Waals surface area contributed by atoms with Crippen LogP contribution in [0.1, 0.15) is 16.8 Å². The molecule has 22 heavy (non-hydrogen) atoms. The molecule has 0 aliphatic heterocycles. The molecule has 4 heteroatoms. The molecule has 0 unspecified atom stereocenters. The largest absolute Gasteiger partial charge is 0.383 e. The minimum atomic E-state index is 0.742. The second-order valence-electron chi connectivity index (χ2n) is 5.78. The van der Waals surface area contributed by atoms with Crippen molar-refractivity contribution in [1.29, 1.82) is 0 Å². The van der Waals surface area contributed by atoms with E-state index in [4.69, 9.17) is 10.7 Å². The summed E-state index contributed by atoms with van der Waals surface area (Å²) in [5.41, 5.74) is 13.0. The fourth-order valence-electron chi connectivity index (χ4n) is 3.25. The molecule has 4 rings (SSSR count). The maximum atomic E-state index is 6.39. The van der Waals surface area contributed by atoms with Gasteiger partial charge >= 0.3 is 0 Å². The van der Waals surface area contributed by atoms with Crippen LogP contribution in [0.4, 0.5) is 5.82 Å². The topological polar surface area (TPSA) is 48.2 Å². The number of benzene rings is 2. The number of nitrogens with zero attached hydrogens (tertiary/aromatic N) is 3. The van der Waals surface area contributed by atoms with Crippen LogP contribution >= 0.6 is 0 Å². The summed E-state index contributed by atoms with van der Waals surface area (Å²) in [6.45, 7) is 6.29. The first-order chi connectivity index (χ1) is 10.6. The number of nitrogens with two attached hydrogens (primary N) is 1. The number of anilines is 1. The van der Waals surface area contributed by atoms with Crippen LogP contribution in [0.3, 0.4) is 0 Å². The molecule has 110 valence electrons. The first kappa shape index (κ1) is 13.0. The molecule has 2 aromatic carbocycles. The Bertz CT molecular complexity index is 1000. The van der Waals surface area contributed by atoms with E-state index in [1.807, 2.05) is 29.5 Å². The van der Waals surface area contributed by atoms with Crippen molar-refractivity contribution in [2.45, 2.75) is 20.8 Å². The number of hydrogen-bond acceptors (Lipinski definition) is 2. The maximum Gasteiger partial charge on any atom is 0.221 e. The van der Waals surface area contributed by atoms with Crippen LogP contribution in [0, 0.1) is 20.8 Å². The van der Waals surface area contributed by atoms with E-state index in [1.165, 1.54) is 11.1 Å². The van der Waals surface area contributed by atoms with Crippen molar-refractivity contribution in [3.63, 3.8) is 0 Å². The number of aromatic nitrogens is 3. The normalized spacial score (nSPS) is 11.6. The molecular formula is C18H18N4. The fourth-order valence-corrected chi connectivity index (χ4v) is 3.25. The Kier molecular flexibility index (Phi) is 2.57. The van der Waals surface area contributed by atoms with Crippen molar-refractivity contribution >= 4 is 22.6 Å². The summed E-state index contributed by atoms with van der Waals surface area (Å²) < 4.78 is 4.20. The van der Waals surface area contributed by atoms with Gasteiger partial charge in [-0.3, -0.25) is 8.97 Å². The van der Waals surface area contributed by atoms with Gasteiger partial charge in [0.1, 0.15) is 5.82 Å². The van der Waals surface area contributed by atoms with Crippen molar-refractivity contribution in [2.75, 3.05) is 5.73 Å². The standard InChI is InChI=1S/C18H18N4/c1-11-7-6-8-12(2)16(11)21-13(3)17(19)22-15-10-5-4-9-14(15)20-18(21)22/h4-10H,19H2,1-3H3. The van der Waals surface area contributed by atoms with Gasteiger partial charge in [0.2, 0.25) is 5.78 Å².